The van der Waals surface area contributed by atoms with E-state index >= 15 is 0 Å². The number of aromatic nitrogens is 3. The Kier molecular flexibility index (Phi) is 4.35. The molecule has 19 heavy (non-hydrogen) atoms. The van der Waals surface area contributed by atoms with Gasteiger partial charge in [-0.05, 0) is 13.0 Å². The first-order valence-corrected chi connectivity index (χ1v) is 6.16. The lowest BCUT2D eigenvalue weighted by molar-refractivity contribution is 0.257. The van der Waals surface area contributed by atoms with Crippen molar-refractivity contribution in [3.8, 4) is 11.5 Å². The van der Waals surface area contributed by atoms with Crippen LogP contribution in [0.5, 0.6) is 11.5 Å². The number of hydrogen-bond acceptors (Lipinski definition) is 5. The summed E-state index contributed by atoms with van der Waals surface area (Å²) in [7, 11) is 1.82. The lowest BCUT2D eigenvalue weighted by Gasteiger charge is -2.14. The molecule has 0 saturated heterocycles. The van der Waals surface area contributed by atoms with E-state index in [1.165, 1.54) is 6.33 Å². The molecule has 1 aromatic carbocycles. The molecule has 0 atom stereocenters. The van der Waals surface area contributed by atoms with Gasteiger partial charge in [-0.15, -0.1) is 0 Å². The van der Waals surface area contributed by atoms with Crippen molar-refractivity contribution in [2.24, 2.45) is 12.8 Å². The van der Waals surface area contributed by atoms with E-state index in [-0.39, 0.29) is 0 Å². The number of nitrogens with two attached hydrogens (primary N) is 1. The van der Waals surface area contributed by atoms with E-state index in [0.717, 1.165) is 11.4 Å². The van der Waals surface area contributed by atoms with Gasteiger partial charge < -0.3 is 15.2 Å². The largest absolute Gasteiger partial charge is 0.490 e. The second kappa shape index (κ2) is 6.19. The van der Waals surface area contributed by atoms with Crippen LogP contribution in [0.2, 0.25) is 0 Å². The standard InChI is InChI=1S/C13H18N4O2/c1-3-18-11-6-4-5-10(7-14)13(11)19-8-12-15-9-16-17(12)2/h4-6,9H,3,7-8,14H2,1-2H3. The van der Waals surface area contributed by atoms with Crippen molar-refractivity contribution in [1.29, 1.82) is 0 Å². The number of para-hydroxylation sites is 1. The Morgan fingerprint density at radius 2 is 2.16 bits per heavy atom. The molecule has 0 amide bonds. The maximum Gasteiger partial charge on any atom is 0.166 e. The fraction of sp³-hybridized carbons (Fsp3) is 0.385. The van der Waals surface area contributed by atoms with E-state index in [1.807, 2.05) is 32.2 Å². The molecule has 2 aromatic rings. The number of nitrogens with zero attached hydrogens (tertiary/aromatic N) is 3. The van der Waals surface area contributed by atoms with Crippen LogP contribution < -0.4 is 15.2 Å². The minimum Gasteiger partial charge on any atom is -0.490 e. The molecule has 0 unspecified atom stereocenters. The summed E-state index contributed by atoms with van der Waals surface area (Å²) in [6.45, 7) is 3.23. The maximum absolute atomic E-state index is 5.81. The van der Waals surface area contributed by atoms with Gasteiger partial charge in [0.15, 0.2) is 17.3 Å². The summed E-state index contributed by atoms with van der Waals surface area (Å²) in [5.74, 6) is 2.12. The molecule has 6 nitrogen and oxygen atoms in total. The highest BCUT2D eigenvalue weighted by atomic mass is 16.5. The molecular weight excluding hydrogens is 244 g/mol. The number of ether oxygens (including phenoxy) is 2. The van der Waals surface area contributed by atoms with Crippen molar-refractivity contribution in [3.05, 3.63) is 35.9 Å². The third-order valence-corrected chi connectivity index (χ3v) is 2.73. The highest BCUT2D eigenvalue weighted by molar-refractivity contribution is 5.46. The van der Waals surface area contributed by atoms with Gasteiger partial charge >= 0.3 is 0 Å². The first kappa shape index (κ1) is 13.4. The average molecular weight is 262 g/mol. The van der Waals surface area contributed by atoms with Gasteiger partial charge in [0, 0.05) is 19.2 Å². The Hall–Kier alpha value is -2.08. The maximum atomic E-state index is 5.81. The summed E-state index contributed by atoms with van der Waals surface area (Å²) in [5, 5.41) is 4.00. The van der Waals surface area contributed by atoms with Gasteiger partial charge in [-0.2, -0.15) is 5.10 Å². The van der Waals surface area contributed by atoms with Crippen LogP contribution in [0.3, 0.4) is 0 Å². The summed E-state index contributed by atoms with van der Waals surface area (Å²) in [4.78, 5) is 4.12. The number of aryl methyl sites for hydroxylation is 1. The predicted octanol–water partition coefficient (Wildman–Crippen LogP) is 1.25. The Bertz CT molecular complexity index is 539. The molecule has 0 aliphatic rings. The van der Waals surface area contributed by atoms with E-state index < -0.39 is 0 Å². The Balaban J connectivity index is 2.20. The number of benzene rings is 1. The summed E-state index contributed by atoms with van der Waals surface area (Å²) in [6, 6.07) is 5.70. The summed E-state index contributed by atoms with van der Waals surface area (Å²) < 4.78 is 13.0. The molecule has 0 aliphatic heterocycles. The first-order valence-electron chi connectivity index (χ1n) is 6.16. The SMILES string of the molecule is CCOc1cccc(CN)c1OCc1ncnn1C. The Morgan fingerprint density at radius 1 is 1.32 bits per heavy atom. The van der Waals surface area contributed by atoms with Crippen molar-refractivity contribution in [2.75, 3.05) is 6.61 Å². The molecule has 0 spiro atoms. The average Bonchev–Trinajstić information content (AvgIpc) is 2.83. The van der Waals surface area contributed by atoms with E-state index in [2.05, 4.69) is 10.1 Å². The fourth-order valence-corrected chi connectivity index (χ4v) is 1.74. The molecular formula is C13H18N4O2. The molecule has 2 N–H and O–H groups in total. The van der Waals surface area contributed by atoms with Gasteiger partial charge in [0.1, 0.15) is 12.9 Å². The third-order valence-electron chi connectivity index (χ3n) is 2.73. The van der Waals surface area contributed by atoms with Gasteiger partial charge in [-0.25, -0.2) is 4.98 Å². The number of rotatable bonds is 6. The predicted molar refractivity (Wildman–Crippen MR) is 70.8 cm³/mol. The van der Waals surface area contributed by atoms with E-state index in [1.54, 1.807) is 4.68 Å². The van der Waals surface area contributed by atoms with Crippen molar-refractivity contribution >= 4 is 0 Å². The van der Waals surface area contributed by atoms with Crippen LogP contribution in [0.15, 0.2) is 24.5 Å². The first-order chi connectivity index (χ1) is 9.26. The van der Waals surface area contributed by atoms with E-state index in [0.29, 0.717) is 31.3 Å². The fourth-order valence-electron chi connectivity index (χ4n) is 1.74. The zero-order valence-corrected chi connectivity index (χ0v) is 11.2. The van der Waals surface area contributed by atoms with Crippen LogP contribution >= 0.6 is 0 Å². The Labute approximate surface area is 112 Å². The topological polar surface area (TPSA) is 75.2 Å². The zero-order valence-electron chi connectivity index (χ0n) is 11.2. The molecule has 102 valence electrons. The van der Waals surface area contributed by atoms with Crippen LogP contribution in [0, 0.1) is 0 Å². The number of hydrogen-bond donors (Lipinski definition) is 1. The van der Waals surface area contributed by atoms with E-state index in [4.69, 9.17) is 15.2 Å². The van der Waals surface area contributed by atoms with Crippen LogP contribution in [0.25, 0.3) is 0 Å². The van der Waals surface area contributed by atoms with Crippen LogP contribution in [0.4, 0.5) is 0 Å². The van der Waals surface area contributed by atoms with Crippen molar-refractivity contribution in [2.45, 2.75) is 20.1 Å². The highest BCUT2D eigenvalue weighted by Gasteiger charge is 2.11. The summed E-state index contributed by atoms with van der Waals surface area (Å²) >= 11 is 0. The lowest BCUT2D eigenvalue weighted by Crippen LogP contribution is -2.08. The normalized spacial score (nSPS) is 10.5. The second-order valence-electron chi connectivity index (χ2n) is 3.97. The molecule has 0 bridgehead atoms. The van der Waals surface area contributed by atoms with Crippen LogP contribution in [-0.2, 0) is 20.2 Å². The van der Waals surface area contributed by atoms with Gasteiger partial charge in [0.25, 0.3) is 0 Å². The van der Waals surface area contributed by atoms with Crippen molar-refractivity contribution in [1.82, 2.24) is 14.8 Å². The quantitative estimate of drug-likeness (QED) is 0.848. The van der Waals surface area contributed by atoms with E-state index in [9.17, 15) is 0 Å². The van der Waals surface area contributed by atoms with Gasteiger partial charge in [0.2, 0.25) is 0 Å². The van der Waals surface area contributed by atoms with Gasteiger partial charge in [0.05, 0.1) is 6.61 Å². The highest BCUT2D eigenvalue weighted by Crippen LogP contribution is 2.31. The molecule has 0 saturated carbocycles. The third kappa shape index (κ3) is 3.03. The molecule has 6 heteroatoms. The van der Waals surface area contributed by atoms with Gasteiger partial charge in [-0.3, -0.25) is 4.68 Å². The smallest absolute Gasteiger partial charge is 0.166 e. The van der Waals surface area contributed by atoms with Crippen LogP contribution in [-0.4, -0.2) is 21.4 Å². The zero-order chi connectivity index (χ0) is 13.7. The van der Waals surface area contributed by atoms with Gasteiger partial charge in [-0.1, -0.05) is 12.1 Å². The molecule has 0 aliphatic carbocycles. The second-order valence-corrected chi connectivity index (χ2v) is 3.97. The summed E-state index contributed by atoms with van der Waals surface area (Å²) in [5.41, 5.74) is 6.64. The Morgan fingerprint density at radius 3 is 2.79 bits per heavy atom. The summed E-state index contributed by atoms with van der Waals surface area (Å²) in [6.07, 6.45) is 1.50. The minimum atomic E-state index is 0.327. The molecule has 0 fully saturated rings. The van der Waals surface area contributed by atoms with Crippen molar-refractivity contribution < 1.29 is 9.47 Å². The molecule has 1 aromatic heterocycles. The lowest BCUT2D eigenvalue weighted by atomic mass is 10.2. The molecule has 0 radical (unpaired) electrons. The monoisotopic (exact) mass is 262 g/mol. The molecule has 2 rings (SSSR count). The molecule has 1 heterocycles. The minimum absolute atomic E-state index is 0.327. The van der Waals surface area contributed by atoms with Crippen LogP contribution in [0.1, 0.15) is 18.3 Å². The van der Waals surface area contributed by atoms with Crippen molar-refractivity contribution in [3.63, 3.8) is 0 Å².